The molecule has 1 unspecified atom stereocenters. The average molecular weight is 230 g/mol. The van der Waals surface area contributed by atoms with Crippen LogP contribution in [0.2, 0.25) is 0 Å². The first-order valence-corrected chi connectivity index (χ1v) is 5.88. The van der Waals surface area contributed by atoms with Gasteiger partial charge >= 0.3 is 0 Å². The molecule has 1 N–H and O–H groups in total. The Morgan fingerprint density at radius 3 is 2.88 bits per heavy atom. The van der Waals surface area contributed by atoms with E-state index in [1.807, 2.05) is 11.8 Å². The van der Waals surface area contributed by atoms with E-state index in [9.17, 15) is 4.79 Å². The summed E-state index contributed by atoms with van der Waals surface area (Å²) in [6.07, 6.45) is 1.74. The normalized spacial score (nSPS) is 20.8. The molecule has 0 bridgehead atoms. The van der Waals surface area contributed by atoms with Gasteiger partial charge < -0.3 is 14.4 Å². The molecule has 1 atom stereocenters. The molecule has 1 aliphatic rings. The topological polar surface area (TPSA) is 50.8 Å². The lowest BCUT2D eigenvalue weighted by Crippen LogP contribution is -2.31. The van der Waals surface area contributed by atoms with Crippen LogP contribution in [0, 0.1) is 0 Å². The molecule has 5 heteroatoms. The zero-order valence-electron chi connectivity index (χ0n) is 10.2. The molecule has 0 aromatic heterocycles. The Balaban J connectivity index is 2.03. The number of carbonyl (C=O) groups is 1. The van der Waals surface area contributed by atoms with Crippen LogP contribution in [0.1, 0.15) is 19.8 Å². The van der Waals surface area contributed by atoms with Crippen molar-refractivity contribution in [2.75, 3.05) is 40.1 Å². The first-order valence-electron chi connectivity index (χ1n) is 5.88. The number of carbonyl (C=O) groups excluding carboxylic acids is 1. The molecule has 5 nitrogen and oxygen atoms in total. The van der Waals surface area contributed by atoms with Crippen molar-refractivity contribution in [3.05, 3.63) is 0 Å². The maximum absolute atomic E-state index is 11.7. The number of methoxy groups -OCH3 is 1. The lowest BCUT2D eigenvalue weighted by atomic mass is 10.2. The molecule has 16 heavy (non-hydrogen) atoms. The lowest BCUT2D eigenvalue weighted by Gasteiger charge is -2.14. The second-order valence-electron chi connectivity index (χ2n) is 3.88. The third kappa shape index (κ3) is 4.08. The van der Waals surface area contributed by atoms with Crippen molar-refractivity contribution < 1.29 is 14.3 Å². The number of hydrogen-bond donors (Lipinski definition) is 1. The summed E-state index contributed by atoms with van der Waals surface area (Å²) in [5.41, 5.74) is 0. The van der Waals surface area contributed by atoms with E-state index in [1.54, 1.807) is 7.11 Å². The predicted molar refractivity (Wildman–Crippen MR) is 61.1 cm³/mol. The Bertz CT molecular complexity index is 211. The van der Waals surface area contributed by atoms with Gasteiger partial charge in [-0.05, 0) is 12.8 Å². The highest BCUT2D eigenvalue weighted by Crippen LogP contribution is 2.06. The third-order valence-corrected chi connectivity index (χ3v) is 2.70. The molecular formula is C11H22N2O3. The Hall–Kier alpha value is -0.650. The number of ether oxygens (including phenoxy) is 2. The highest BCUT2D eigenvalue weighted by atomic mass is 16.5. The van der Waals surface area contributed by atoms with Gasteiger partial charge in [0.1, 0.15) is 0 Å². The molecule has 0 aromatic carbocycles. The zero-order chi connectivity index (χ0) is 11.8. The molecule has 0 spiro atoms. The van der Waals surface area contributed by atoms with Crippen LogP contribution in [-0.4, -0.2) is 57.0 Å². The lowest BCUT2D eigenvalue weighted by molar-refractivity contribution is -0.129. The summed E-state index contributed by atoms with van der Waals surface area (Å²) in [6.45, 7) is 5.41. The van der Waals surface area contributed by atoms with Crippen LogP contribution in [0.4, 0.5) is 0 Å². The minimum atomic E-state index is 0.0226. The summed E-state index contributed by atoms with van der Waals surface area (Å²) in [5.74, 6) is 0.222. The third-order valence-electron chi connectivity index (χ3n) is 2.70. The van der Waals surface area contributed by atoms with Crippen molar-refractivity contribution in [1.29, 1.82) is 0 Å². The Morgan fingerprint density at radius 2 is 2.25 bits per heavy atom. The molecule has 0 radical (unpaired) electrons. The van der Waals surface area contributed by atoms with E-state index in [0.717, 1.165) is 19.4 Å². The van der Waals surface area contributed by atoms with Crippen LogP contribution in [0.5, 0.6) is 0 Å². The van der Waals surface area contributed by atoms with Gasteiger partial charge in [0, 0.05) is 20.3 Å². The maximum atomic E-state index is 11.7. The van der Waals surface area contributed by atoms with Crippen LogP contribution < -0.4 is 5.32 Å². The maximum Gasteiger partial charge on any atom is 0.240 e. The summed E-state index contributed by atoms with van der Waals surface area (Å²) < 4.78 is 10.2. The number of nitrogens with one attached hydrogen (secondary N) is 1. The first-order chi connectivity index (χ1) is 7.79. The quantitative estimate of drug-likeness (QED) is 0.606. The predicted octanol–water partition coefficient (Wildman–Crippen LogP) is 0.207. The van der Waals surface area contributed by atoms with Crippen LogP contribution in [0.3, 0.4) is 0 Å². The highest BCUT2D eigenvalue weighted by molar-refractivity contribution is 5.83. The van der Waals surface area contributed by atoms with E-state index in [-0.39, 0.29) is 11.9 Å². The van der Waals surface area contributed by atoms with Crippen LogP contribution >= 0.6 is 0 Å². The van der Waals surface area contributed by atoms with Crippen molar-refractivity contribution in [3.8, 4) is 0 Å². The SMILES string of the molecule is CCC1NCN(CCCOCCOC)C1=O. The highest BCUT2D eigenvalue weighted by Gasteiger charge is 2.28. The average Bonchev–Trinajstić information content (AvgIpc) is 2.65. The van der Waals surface area contributed by atoms with E-state index >= 15 is 0 Å². The van der Waals surface area contributed by atoms with Gasteiger partial charge in [-0.3, -0.25) is 10.1 Å². The number of hydrogen-bond acceptors (Lipinski definition) is 4. The van der Waals surface area contributed by atoms with Gasteiger partial charge in [-0.1, -0.05) is 6.92 Å². The van der Waals surface area contributed by atoms with Crippen molar-refractivity contribution in [3.63, 3.8) is 0 Å². The molecular weight excluding hydrogens is 208 g/mol. The second kappa shape index (κ2) is 7.60. The summed E-state index contributed by atoms with van der Waals surface area (Å²) in [6, 6.07) is 0.0226. The van der Waals surface area contributed by atoms with Gasteiger partial charge in [0.05, 0.1) is 25.9 Å². The van der Waals surface area contributed by atoms with Crippen molar-refractivity contribution in [2.45, 2.75) is 25.8 Å². The van der Waals surface area contributed by atoms with E-state index in [2.05, 4.69) is 5.32 Å². The van der Waals surface area contributed by atoms with Crippen molar-refractivity contribution >= 4 is 5.91 Å². The summed E-state index contributed by atoms with van der Waals surface area (Å²) >= 11 is 0. The fourth-order valence-electron chi connectivity index (χ4n) is 1.72. The van der Waals surface area contributed by atoms with Gasteiger partial charge in [0.15, 0.2) is 0 Å². The van der Waals surface area contributed by atoms with E-state index < -0.39 is 0 Å². The summed E-state index contributed by atoms with van der Waals surface area (Å²) in [7, 11) is 1.66. The Morgan fingerprint density at radius 1 is 1.44 bits per heavy atom. The second-order valence-corrected chi connectivity index (χ2v) is 3.88. The Labute approximate surface area is 97.1 Å². The molecule has 0 saturated carbocycles. The van der Waals surface area contributed by atoms with E-state index in [0.29, 0.717) is 26.5 Å². The minimum Gasteiger partial charge on any atom is -0.382 e. The molecule has 0 aromatic rings. The molecule has 1 heterocycles. The van der Waals surface area contributed by atoms with Gasteiger partial charge in [0.2, 0.25) is 5.91 Å². The number of rotatable bonds is 8. The molecule has 1 amide bonds. The smallest absolute Gasteiger partial charge is 0.240 e. The van der Waals surface area contributed by atoms with Crippen LogP contribution in [0.25, 0.3) is 0 Å². The van der Waals surface area contributed by atoms with Gasteiger partial charge in [-0.15, -0.1) is 0 Å². The fourth-order valence-corrected chi connectivity index (χ4v) is 1.72. The van der Waals surface area contributed by atoms with E-state index in [1.165, 1.54) is 0 Å². The fraction of sp³-hybridized carbons (Fsp3) is 0.909. The molecule has 0 aliphatic carbocycles. The zero-order valence-corrected chi connectivity index (χ0v) is 10.2. The number of nitrogens with zero attached hydrogens (tertiary/aromatic N) is 1. The standard InChI is InChI=1S/C11H22N2O3/c1-3-10-11(14)13(9-12-10)5-4-6-16-8-7-15-2/h10,12H,3-9H2,1-2H3. The van der Waals surface area contributed by atoms with Crippen molar-refractivity contribution in [1.82, 2.24) is 10.2 Å². The Kier molecular flexibility index (Phi) is 6.37. The molecule has 1 fully saturated rings. The van der Waals surface area contributed by atoms with Crippen molar-refractivity contribution in [2.24, 2.45) is 0 Å². The van der Waals surface area contributed by atoms with Gasteiger partial charge in [0.25, 0.3) is 0 Å². The summed E-state index contributed by atoms with van der Waals surface area (Å²) in [4.78, 5) is 13.6. The monoisotopic (exact) mass is 230 g/mol. The minimum absolute atomic E-state index is 0.0226. The summed E-state index contributed by atoms with van der Waals surface area (Å²) in [5, 5.41) is 3.18. The first kappa shape index (κ1) is 13.4. The number of amides is 1. The van der Waals surface area contributed by atoms with Gasteiger partial charge in [-0.2, -0.15) is 0 Å². The van der Waals surface area contributed by atoms with Gasteiger partial charge in [-0.25, -0.2) is 0 Å². The van der Waals surface area contributed by atoms with Crippen LogP contribution in [0.15, 0.2) is 0 Å². The largest absolute Gasteiger partial charge is 0.382 e. The molecule has 1 aliphatic heterocycles. The molecule has 1 saturated heterocycles. The molecule has 1 rings (SSSR count). The molecule has 94 valence electrons. The van der Waals surface area contributed by atoms with Crippen LogP contribution in [-0.2, 0) is 14.3 Å². The van der Waals surface area contributed by atoms with E-state index in [4.69, 9.17) is 9.47 Å².